The number of nitrogen functional groups attached to an aromatic ring is 1. The Labute approximate surface area is 95.0 Å². The summed E-state index contributed by atoms with van der Waals surface area (Å²) in [6.45, 7) is 0.351. The fourth-order valence-corrected chi connectivity index (χ4v) is 1.73. The van der Waals surface area contributed by atoms with Crippen molar-refractivity contribution >= 4 is 15.8 Å². The lowest BCUT2D eigenvalue weighted by molar-refractivity contribution is 0.310. The molecule has 90 valence electrons. The van der Waals surface area contributed by atoms with E-state index < -0.39 is 10.1 Å². The Hall–Kier alpha value is -1.27. The van der Waals surface area contributed by atoms with Gasteiger partial charge < -0.3 is 15.0 Å². The SMILES string of the molecule is Nc1ccccc1OCCCCS(=O)(=O)[O-]. The van der Waals surface area contributed by atoms with Crippen LogP contribution >= 0.6 is 0 Å². The van der Waals surface area contributed by atoms with E-state index in [0.717, 1.165) is 0 Å². The monoisotopic (exact) mass is 244 g/mol. The zero-order chi connectivity index (χ0) is 12.0. The van der Waals surface area contributed by atoms with Crippen LogP contribution in [-0.4, -0.2) is 25.3 Å². The second-order valence-electron chi connectivity index (χ2n) is 3.36. The first-order chi connectivity index (χ1) is 7.49. The van der Waals surface area contributed by atoms with Gasteiger partial charge in [-0.2, -0.15) is 0 Å². The number of unbranched alkanes of at least 4 members (excludes halogenated alkanes) is 1. The summed E-state index contributed by atoms with van der Waals surface area (Å²) in [5, 5.41) is 0. The Morgan fingerprint density at radius 2 is 1.94 bits per heavy atom. The van der Waals surface area contributed by atoms with Crippen molar-refractivity contribution in [3.8, 4) is 5.75 Å². The summed E-state index contributed by atoms with van der Waals surface area (Å²) in [4.78, 5) is 0. The van der Waals surface area contributed by atoms with Gasteiger partial charge in [-0.25, -0.2) is 8.42 Å². The molecule has 1 rings (SSSR count). The van der Waals surface area contributed by atoms with Crippen LogP contribution in [0.1, 0.15) is 12.8 Å². The maximum atomic E-state index is 10.3. The molecule has 0 atom stereocenters. The first-order valence-electron chi connectivity index (χ1n) is 4.90. The van der Waals surface area contributed by atoms with Gasteiger partial charge in [0.15, 0.2) is 0 Å². The molecular weight excluding hydrogens is 230 g/mol. The summed E-state index contributed by atoms with van der Waals surface area (Å²) >= 11 is 0. The molecule has 0 bridgehead atoms. The second kappa shape index (κ2) is 5.72. The van der Waals surface area contributed by atoms with Gasteiger partial charge in [0.1, 0.15) is 5.75 Å². The minimum Gasteiger partial charge on any atom is -0.748 e. The lowest BCUT2D eigenvalue weighted by Gasteiger charge is -2.09. The number of rotatable bonds is 6. The van der Waals surface area contributed by atoms with Crippen LogP contribution in [0.25, 0.3) is 0 Å². The Balaban J connectivity index is 2.24. The molecule has 16 heavy (non-hydrogen) atoms. The highest BCUT2D eigenvalue weighted by atomic mass is 32.2. The average Bonchev–Trinajstić information content (AvgIpc) is 2.18. The van der Waals surface area contributed by atoms with E-state index in [1.165, 1.54) is 0 Å². The molecule has 0 aliphatic heterocycles. The van der Waals surface area contributed by atoms with E-state index >= 15 is 0 Å². The van der Waals surface area contributed by atoms with E-state index in [9.17, 15) is 13.0 Å². The lowest BCUT2D eigenvalue weighted by atomic mass is 10.3. The molecule has 5 nitrogen and oxygen atoms in total. The third-order valence-corrected chi connectivity index (χ3v) is 2.75. The summed E-state index contributed by atoms with van der Waals surface area (Å²) in [6, 6.07) is 7.05. The molecule has 2 N–H and O–H groups in total. The smallest absolute Gasteiger partial charge is 0.142 e. The topological polar surface area (TPSA) is 92.5 Å². The highest BCUT2D eigenvalue weighted by molar-refractivity contribution is 7.85. The number of hydrogen-bond donors (Lipinski definition) is 1. The van der Waals surface area contributed by atoms with E-state index in [-0.39, 0.29) is 5.75 Å². The molecule has 0 heterocycles. The standard InChI is InChI=1S/C10H15NO4S/c11-9-5-1-2-6-10(9)15-7-3-4-8-16(12,13)14/h1-2,5-6H,3-4,7-8,11H2,(H,12,13,14)/p-1. The Bertz CT molecular complexity index is 430. The molecule has 0 aliphatic rings. The third-order valence-electron chi connectivity index (χ3n) is 1.97. The molecule has 0 amide bonds. The van der Waals surface area contributed by atoms with Crippen molar-refractivity contribution in [3.05, 3.63) is 24.3 Å². The predicted molar refractivity (Wildman–Crippen MR) is 60.1 cm³/mol. The van der Waals surface area contributed by atoms with Crippen LogP contribution in [0.2, 0.25) is 0 Å². The minimum absolute atomic E-state index is 0.304. The van der Waals surface area contributed by atoms with Crippen LogP contribution in [0, 0.1) is 0 Å². The Morgan fingerprint density at radius 1 is 1.25 bits per heavy atom. The molecule has 0 unspecified atom stereocenters. The third kappa shape index (κ3) is 4.99. The summed E-state index contributed by atoms with van der Waals surface area (Å²) in [7, 11) is -4.11. The molecule has 1 aromatic carbocycles. The molecule has 0 saturated heterocycles. The van der Waals surface area contributed by atoms with Gasteiger partial charge in [-0.1, -0.05) is 12.1 Å². The zero-order valence-electron chi connectivity index (χ0n) is 8.76. The molecular formula is C10H14NO4S-. The minimum atomic E-state index is -4.11. The van der Waals surface area contributed by atoms with Gasteiger partial charge in [-0.05, 0) is 25.0 Å². The van der Waals surface area contributed by atoms with E-state index in [1.807, 2.05) is 0 Å². The fraction of sp³-hybridized carbons (Fsp3) is 0.400. The Kier molecular flexibility index (Phi) is 4.57. The lowest BCUT2D eigenvalue weighted by Crippen LogP contribution is -2.07. The predicted octanol–water partition coefficient (Wildman–Crippen LogP) is 0.973. The molecule has 6 heteroatoms. The van der Waals surface area contributed by atoms with Crippen LogP contribution in [-0.2, 0) is 10.1 Å². The largest absolute Gasteiger partial charge is 0.748 e. The van der Waals surface area contributed by atoms with Gasteiger partial charge in [-0.3, -0.25) is 0 Å². The maximum Gasteiger partial charge on any atom is 0.142 e. The van der Waals surface area contributed by atoms with E-state index in [4.69, 9.17) is 10.5 Å². The molecule has 0 aliphatic carbocycles. The first-order valence-corrected chi connectivity index (χ1v) is 6.47. The zero-order valence-corrected chi connectivity index (χ0v) is 9.57. The van der Waals surface area contributed by atoms with Crippen LogP contribution in [0.4, 0.5) is 5.69 Å². The average molecular weight is 244 g/mol. The maximum absolute atomic E-state index is 10.3. The van der Waals surface area contributed by atoms with Crippen LogP contribution in [0.15, 0.2) is 24.3 Å². The van der Waals surface area contributed by atoms with E-state index in [1.54, 1.807) is 24.3 Å². The summed E-state index contributed by atoms with van der Waals surface area (Å²) in [5.74, 6) is 0.230. The van der Waals surface area contributed by atoms with E-state index in [2.05, 4.69) is 0 Å². The van der Waals surface area contributed by atoms with Gasteiger partial charge in [-0.15, -0.1) is 0 Å². The highest BCUT2D eigenvalue weighted by Gasteiger charge is 1.99. The van der Waals surface area contributed by atoms with Gasteiger partial charge in [0.2, 0.25) is 0 Å². The number of anilines is 1. The van der Waals surface area contributed by atoms with E-state index in [0.29, 0.717) is 30.9 Å². The van der Waals surface area contributed by atoms with Crippen LogP contribution in [0.3, 0.4) is 0 Å². The number of para-hydroxylation sites is 2. The number of hydrogen-bond acceptors (Lipinski definition) is 5. The summed E-state index contributed by atoms with van der Waals surface area (Å²) < 4.78 is 36.2. The van der Waals surface area contributed by atoms with Crippen LogP contribution < -0.4 is 10.5 Å². The van der Waals surface area contributed by atoms with Crippen molar-refractivity contribution in [2.75, 3.05) is 18.1 Å². The quantitative estimate of drug-likeness (QED) is 0.457. The number of ether oxygens (including phenoxy) is 1. The number of benzene rings is 1. The van der Waals surface area contributed by atoms with Gasteiger partial charge in [0.25, 0.3) is 0 Å². The van der Waals surface area contributed by atoms with Gasteiger partial charge >= 0.3 is 0 Å². The molecule has 0 spiro atoms. The Morgan fingerprint density at radius 3 is 2.56 bits per heavy atom. The fourth-order valence-electron chi connectivity index (χ4n) is 1.18. The molecule has 0 aromatic heterocycles. The summed E-state index contributed by atoms with van der Waals surface area (Å²) in [5.41, 5.74) is 6.17. The summed E-state index contributed by atoms with van der Waals surface area (Å²) in [6.07, 6.45) is 0.814. The molecule has 0 fully saturated rings. The van der Waals surface area contributed by atoms with Crippen molar-refractivity contribution in [2.24, 2.45) is 0 Å². The number of nitrogens with two attached hydrogens (primary N) is 1. The van der Waals surface area contributed by atoms with Crippen molar-refractivity contribution in [2.45, 2.75) is 12.8 Å². The van der Waals surface area contributed by atoms with Crippen molar-refractivity contribution in [1.82, 2.24) is 0 Å². The normalized spacial score (nSPS) is 11.3. The van der Waals surface area contributed by atoms with Gasteiger partial charge in [0, 0.05) is 5.75 Å². The van der Waals surface area contributed by atoms with Crippen molar-refractivity contribution < 1.29 is 17.7 Å². The van der Waals surface area contributed by atoms with Crippen molar-refractivity contribution in [1.29, 1.82) is 0 Å². The second-order valence-corrected chi connectivity index (χ2v) is 4.88. The molecule has 1 aromatic rings. The molecule has 0 radical (unpaired) electrons. The van der Waals surface area contributed by atoms with Crippen molar-refractivity contribution in [3.63, 3.8) is 0 Å². The first kappa shape index (κ1) is 12.8. The van der Waals surface area contributed by atoms with Gasteiger partial charge in [0.05, 0.1) is 22.4 Å². The highest BCUT2D eigenvalue weighted by Crippen LogP contribution is 2.19. The van der Waals surface area contributed by atoms with Crippen LogP contribution in [0.5, 0.6) is 5.75 Å². The molecule has 0 saturated carbocycles.